The van der Waals surface area contributed by atoms with Crippen LogP contribution in [0.15, 0.2) is 12.1 Å². The molecule has 3 heteroatoms. The monoisotopic (exact) mass is 362 g/mol. The minimum atomic E-state index is -0.598. The molecular formula is C23H38O3. The Balaban J connectivity index is 3.44. The maximum absolute atomic E-state index is 13.6. The van der Waals surface area contributed by atoms with Crippen LogP contribution in [-0.4, -0.2) is 11.1 Å². The zero-order valence-corrected chi connectivity index (χ0v) is 18.4. The zero-order chi connectivity index (χ0) is 20.5. The summed E-state index contributed by atoms with van der Waals surface area (Å²) in [5.74, 6) is 0.782. The van der Waals surface area contributed by atoms with Crippen molar-refractivity contribution in [3.05, 3.63) is 23.3 Å². The average Bonchev–Trinajstić information content (AvgIpc) is 2.47. The van der Waals surface area contributed by atoms with Crippen LogP contribution in [0.4, 0.5) is 0 Å². The molecule has 2 unspecified atom stereocenters. The lowest BCUT2D eigenvalue weighted by molar-refractivity contribution is -0.163. The summed E-state index contributed by atoms with van der Waals surface area (Å²) in [6.45, 7) is 20.9. The predicted molar refractivity (Wildman–Crippen MR) is 109 cm³/mol. The SMILES string of the molecule is CCC(C)C(CC(C)(C)C)(C(=O)Oc1cc(C)c(O)c(C)c1)C(C)(C)C. The van der Waals surface area contributed by atoms with Crippen LogP contribution in [0.3, 0.4) is 0 Å². The molecule has 0 spiro atoms. The molecule has 0 radical (unpaired) electrons. The molecule has 0 saturated carbocycles. The summed E-state index contributed by atoms with van der Waals surface area (Å²) in [5, 5.41) is 9.99. The van der Waals surface area contributed by atoms with Gasteiger partial charge in [-0.15, -0.1) is 0 Å². The number of carbonyl (C=O) groups is 1. The van der Waals surface area contributed by atoms with E-state index in [9.17, 15) is 9.90 Å². The van der Waals surface area contributed by atoms with Crippen LogP contribution >= 0.6 is 0 Å². The molecule has 0 aliphatic rings. The minimum absolute atomic E-state index is 0.00345. The molecule has 0 fully saturated rings. The van der Waals surface area contributed by atoms with Crippen molar-refractivity contribution in [1.82, 2.24) is 0 Å². The summed E-state index contributed by atoms with van der Waals surface area (Å²) in [7, 11) is 0. The van der Waals surface area contributed by atoms with Crippen molar-refractivity contribution in [3.8, 4) is 11.5 Å². The van der Waals surface area contributed by atoms with Crippen LogP contribution in [0.2, 0.25) is 0 Å². The second-order valence-corrected chi connectivity index (χ2v) is 10.1. The number of aromatic hydroxyl groups is 1. The van der Waals surface area contributed by atoms with Crippen molar-refractivity contribution in [1.29, 1.82) is 0 Å². The molecule has 0 aromatic heterocycles. The summed E-state index contributed by atoms with van der Waals surface area (Å²) >= 11 is 0. The van der Waals surface area contributed by atoms with E-state index >= 15 is 0 Å². The molecule has 1 rings (SSSR count). The van der Waals surface area contributed by atoms with Crippen molar-refractivity contribution in [3.63, 3.8) is 0 Å². The molecule has 0 amide bonds. The highest BCUT2D eigenvalue weighted by molar-refractivity contribution is 5.81. The van der Waals surface area contributed by atoms with E-state index in [4.69, 9.17) is 4.74 Å². The molecule has 1 N–H and O–H groups in total. The van der Waals surface area contributed by atoms with Crippen molar-refractivity contribution in [2.24, 2.45) is 22.2 Å². The third-order valence-corrected chi connectivity index (χ3v) is 5.64. The largest absolute Gasteiger partial charge is 0.507 e. The van der Waals surface area contributed by atoms with Gasteiger partial charge < -0.3 is 9.84 Å². The molecule has 0 saturated heterocycles. The normalized spacial score (nSPS) is 16.1. The smallest absolute Gasteiger partial charge is 0.318 e. The number of ether oxygens (including phenoxy) is 1. The van der Waals surface area contributed by atoms with E-state index in [1.165, 1.54) is 0 Å². The number of carbonyl (C=O) groups excluding carboxylic acids is 1. The Bertz CT molecular complexity index is 623. The average molecular weight is 363 g/mol. The van der Waals surface area contributed by atoms with Crippen molar-refractivity contribution in [2.45, 2.75) is 82.1 Å². The molecule has 0 aliphatic heterocycles. The van der Waals surface area contributed by atoms with E-state index in [0.717, 1.165) is 12.8 Å². The maximum Gasteiger partial charge on any atom is 0.318 e. The number of benzene rings is 1. The fraction of sp³-hybridized carbons (Fsp3) is 0.696. The van der Waals surface area contributed by atoms with Gasteiger partial charge in [0.2, 0.25) is 0 Å². The third kappa shape index (κ3) is 4.61. The Kier molecular flexibility index (Phi) is 6.60. The molecule has 148 valence electrons. The highest BCUT2D eigenvalue weighted by atomic mass is 16.5. The summed E-state index contributed by atoms with van der Waals surface area (Å²) in [5.41, 5.74) is 0.589. The first-order valence-corrected chi connectivity index (χ1v) is 9.68. The van der Waals surface area contributed by atoms with E-state index in [1.807, 2.05) is 13.8 Å². The van der Waals surface area contributed by atoms with Gasteiger partial charge in [-0.05, 0) is 60.3 Å². The summed E-state index contributed by atoms with van der Waals surface area (Å²) in [6, 6.07) is 3.47. The molecular weight excluding hydrogens is 324 g/mol. The number of rotatable bonds is 5. The van der Waals surface area contributed by atoms with Crippen molar-refractivity contribution < 1.29 is 14.6 Å². The molecule has 26 heavy (non-hydrogen) atoms. The first kappa shape index (κ1) is 22.5. The van der Waals surface area contributed by atoms with Crippen molar-refractivity contribution in [2.75, 3.05) is 0 Å². The second-order valence-electron chi connectivity index (χ2n) is 10.1. The first-order chi connectivity index (χ1) is 11.7. The fourth-order valence-corrected chi connectivity index (χ4v) is 4.12. The molecule has 0 bridgehead atoms. The van der Waals surface area contributed by atoms with Gasteiger partial charge in [0.1, 0.15) is 11.5 Å². The Morgan fingerprint density at radius 2 is 1.54 bits per heavy atom. The Labute approximate surface area is 160 Å². The van der Waals surface area contributed by atoms with Gasteiger partial charge in [-0.3, -0.25) is 4.79 Å². The Morgan fingerprint density at radius 1 is 1.08 bits per heavy atom. The number of hydrogen-bond donors (Lipinski definition) is 1. The molecule has 0 heterocycles. The van der Waals surface area contributed by atoms with Gasteiger partial charge in [0.25, 0.3) is 0 Å². The minimum Gasteiger partial charge on any atom is -0.507 e. The highest BCUT2D eigenvalue weighted by Crippen LogP contribution is 2.53. The standard InChI is InChI=1S/C23H38O3/c1-11-17(4)23(22(8,9)10,14-21(5,6)7)20(25)26-18-12-15(2)19(24)16(3)13-18/h12-13,17,24H,11,14H2,1-10H3. The molecule has 2 atom stereocenters. The second kappa shape index (κ2) is 7.62. The van der Waals surface area contributed by atoms with Crippen LogP contribution < -0.4 is 4.74 Å². The lowest BCUT2D eigenvalue weighted by atomic mass is 9.54. The van der Waals surface area contributed by atoms with Crippen molar-refractivity contribution >= 4 is 5.97 Å². The Hall–Kier alpha value is -1.51. The topological polar surface area (TPSA) is 46.5 Å². The van der Waals surface area contributed by atoms with E-state index in [1.54, 1.807) is 12.1 Å². The molecule has 3 nitrogen and oxygen atoms in total. The molecule has 0 aliphatic carbocycles. The highest BCUT2D eigenvalue weighted by Gasteiger charge is 2.54. The summed E-state index contributed by atoms with van der Waals surface area (Å²) in [6.07, 6.45) is 1.67. The van der Waals surface area contributed by atoms with Gasteiger partial charge in [-0.25, -0.2) is 0 Å². The van der Waals surface area contributed by atoms with Crippen LogP contribution in [0.1, 0.15) is 79.4 Å². The maximum atomic E-state index is 13.6. The number of hydrogen-bond acceptors (Lipinski definition) is 3. The van der Waals surface area contributed by atoms with Gasteiger partial charge in [0.15, 0.2) is 0 Å². The number of phenols is 1. The lowest BCUT2D eigenvalue weighted by Gasteiger charge is -2.49. The molecule has 1 aromatic carbocycles. The van der Waals surface area contributed by atoms with Gasteiger partial charge in [0, 0.05) is 0 Å². The van der Waals surface area contributed by atoms with Gasteiger partial charge in [-0.1, -0.05) is 61.8 Å². The van der Waals surface area contributed by atoms with Gasteiger partial charge in [-0.2, -0.15) is 0 Å². The predicted octanol–water partition coefficient (Wildman–Crippen LogP) is 6.43. The van der Waals surface area contributed by atoms with E-state index in [2.05, 4.69) is 55.4 Å². The summed E-state index contributed by atoms with van der Waals surface area (Å²) < 4.78 is 5.94. The van der Waals surface area contributed by atoms with Crippen LogP contribution in [0.25, 0.3) is 0 Å². The Morgan fingerprint density at radius 3 is 1.88 bits per heavy atom. The fourth-order valence-electron chi connectivity index (χ4n) is 4.12. The lowest BCUT2D eigenvalue weighted by Crippen LogP contribution is -2.52. The van der Waals surface area contributed by atoms with E-state index < -0.39 is 5.41 Å². The number of phenolic OH excluding ortho intramolecular Hbond substituents is 1. The number of aryl methyl sites for hydroxylation is 2. The van der Waals surface area contributed by atoms with Crippen LogP contribution in [0.5, 0.6) is 11.5 Å². The third-order valence-electron chi connectivity index (χ3n) is 5.64. The quantitative estimate of drug-likeness (QED) is 0.485. The van der Waals surface area contributed by atoms with Gasteiger partial charge in [0.05, 0.1) is 5.41 Å². The molecule has 1 aromatic rings. The number of esters is 1. The van der Waals surface area contributed by atoms with Crippen LogP contribution in [0, 0.1) is 36.0 Å². The van der Waals surface area contributed by atoms with E-state index in [0.29, 0.717) is 16.9 Å². The van der Waals surface area contributed by atoms with E-state index in [-0.39, 0.29) is 28.5 Å². The first-order valence-electron chi connectivity index (χ1n) is 9.68. The summed E-state index contributed by atoms with van der Waals surface area (Å²) in [4.78, 5) is 13.6. The van der Waals surface area contributed by atoms with Gasteiger partial charge >= 0.3 is 5.97 Å². The zero-order valence-electron chi connectivity index (χ0n) is 18.4. The van der Waals surface area contributed by atoms with Crippen LogP contribution in [-0.2, 0) is 4.79 Å².